The average molecular weight is 365 g/mol. The molecule has 0 atom stereocenters. The molecule has 0 bridgehead atoms. The van der Waals surface area contributed by atoms with Gasteiger partial charge in [-0.3, -0.25) is 4.79 Å². The smallest absolute Gasteiger partial charge is 0.227 e. The summed E-state index contributed by atoms with van der Waals surface area (Å²) in [4.78, 5) is 18.4. The molecule has 1 aromatic rings. The molecular weight excluding hydrogens is 332 g/mol. The maximum Gasteiger partial charge on any atom is 0.227 e. The minimum absolute atomic E-state index is 0.234. The van der Waals surface area contributed by atoms with E-state index in [0.717, 1.165) is 44.7 Å². The van der Waals surface area contributed by atoms with Crippen LogP contribution in [0.15, 0.2) is 29.2 Å². The number of rotatable bonds is 8. The summed E-state index contributed by atoms with van der Waals surface area (Å²) in [6.45, 7) is 7.59. The minimum atomic E-state index is 0.234. The molecule has 0 spiro atoms. The highest BCUT2D eigenvalue weighted by molar-refractivity contribution is 7.99. The predicted octanol–water partition coefficient (Wildman–Crippen LogP) is 3.30. The van der Waals surface area contributed by atoms with Crippen LogP contribution in [-0.2, 0) is 16.0 Å². The number of likely N-dealkylation sites (N-methyl/N-ethyl adjacent to an activating group) is 1. The van der Waals surface area contributed by atoms with Crippen molar-refractivity contribution in [1.29, 1.82) is 0 Å². The van der Waals surface area contributed by atoms with Crippen LogP contribution < -0.4 is 0 Å². The molecule has 1 aromatic carbocycles. The molecule has 0 N–H and O–H groups in total. The van der Waals surface area contributed by atoms with Gasteiger partial charge in [0, 0.05) is 42.5 Å². The number of benzene rings is 1. The number of nitrogens with zero attached hydrogens (tertiary/aromatic N) is 2. The van der Waals surface area contributed by atoms with Crippen molar-refractivity contribution in [2.45, 2.75) is 49.3 Å². The van der Waals surface area contributed by atoms with E-state index in [-0.39, 0.29) is 5.91 Å². The molecule has 0 saturated carbocycles. The first-order chi connectivity index (χ1) is 12.0. The van der Waals surface area contributed by atoms with E-state index in [1.807, 2.05) is 11.8 Å². The Morgan fingerprint density at radius 3 is 2.36 bits per heavy atom. The van der Waals surface area contributed by atoms with Crippen molar-refractivity contribution in [2.75, 3.05) is 40.4 Å². The summed E-state index contributed by atoms with van der Waals surface area (Å²) in [6.07, 6.45) is 2.38. The Balaban J connectivity index is 1.99. The number of ether oxygens (including phenoxy) is 1. The number of carbonyl (C=O) groups is 1. The number of hydrogen-bond acceptors (Lipinski definition) is 4. The third-order valence-electron chi connectivity index (χ3n) is 4.39. The molecule has 1 fully saturated rings. The van der Waals surface area contributed by atoms with Crippen molar-refractivity contribution in [3.63, 3.8) is 0 Å². The molecule has 2 rings (SSSR count). The number of amides is 1. The van der Waals surface area contributed by atoms with Crippen molar-refractivity contribution in [3.8, 4) is 0 Å². The van der Waals surface area contributed by atoms with E-state index in [1.165, 1.54) is 4.90 Å². The molecule has 1 heterocycles. The predicted molar refractivity (Wildman–Crippen MR) is 105 cm³/mol. The zero-order chi connectivity index (χ0) is 18.2. The van der Waals surface area contributed by atoms with Gasteiger partial charge in [0.05, 0.1) is 6.42 Å². The van der Waals surface area contributed by atoms with Crippen LogP contribution in [0.2, 0.25) is 0 Å². The molecule has 25 heavy (non-hydrogen) atoms. The lowest BCUT2D eigenvalue weighted by molar-refractivity contribution is -0.134. The van der Waals surface area contributed by atoms with Gasteiger partial charge in [0.1, 0.15) is 0 Å². The molecule has 0 unspecified atom stereocenters. The zero-order valence-corrected chi connectivity index (χ0v) is 16.8. The first-order valence-electron chi connectivity index (χ1n) is 9.23. The molecule has 1 aliphatic rings. The highest BCUT2D eigenvalue weighted by atomic mass is 32.2. The Morgan fingerprint density at radius 1 is 1.16 bits per heavy atom. The van der Waals surface area contributed by atoms with Gasteiger partial charge in [-0.2, -0.15) is 0 Å². The third-order valence-corrected chi connectivity index (χ3v) is 5.41. The summed E-state index contributed by atoms with van der Waals surface area (Å²) in [6, 6.07) is 8.77. The maximum atomic E-state index is 12.9. The van der Waals surface area contributed by atoms with E-state index in [2.05, 4.69) is 62.0 Å². The third kappa shape index (κ3) is 7.00. The number of thioether (sulfide) groups is 1. The summed E-state index contributed by atoms with van der Waals surface area (Å²) >= 11 is 1.85. The fraction of sp³-hybridized carbons (Fsp3) is 0.650. The van der Waals surface area contributed by atoms with E-state index in [0.29, 0.717) is 17.7 Å². The summed E-state index contributed by atoms with van der Waals surface area (Å²) in [7, 11) is 4.11. The van der Waals surface area contributed by atoms with Gasteiger partial charge in [-0.15, -0.1) is 11.8 Å². The Bertz CT molecular complexity index is 525. The highest BCUT2D eigenvalue weighted by Gasteiger charge is 2.25. The van der Waals surface area contributed by atoms with Crippen LogP contribution in [0.5, 0.6) is 0 Å². The second-order valence-electron chi connectivity index (χ2n) is 7.22. The zero-order valence-electron chi connectivity index (χ0n) is 16.0. The second-order valence-corrected chi connectivity index (χ2v) is 8.87. The molecule has 0 aromatic heterocycles. The van der Waals surface area contributed by atoms with Crippen molar-refractivity contribution in [3.05, 3.63) is 29.8 Å². The monoisotopic (exact) mass is 364 g/mol. The Hall–Kier alpha value is -1.04. The van der Waals surface area contributed by atoms with E-state index in [1.54, 1.807) is 0 Å². The lowest BCUT2D eigenvalue weighted by atomic mass is 10.0. The minimum Gasteiger partial charge on any atom is -0.381 e. The second kappa shape index (κ2) is 10.2. The highest BCUT2D eigenvalue weighted by Crippen LogP contribution is 2.23. The van der Waals surface area contributed by atoms with Gasteiger partial charge >= 0.3 is 0 Å². The summed E-state index contributed by atoms with van der Waals surface area (Å²) in [5.74, 6) is 0.234. The van der Waals surface area contributed by atoms with Crippen molar-refractivity contribution in [2.24, 2.45) is 0 Å². The van der Waals surface area contributed by atoms with Gasteiger partial charge in [0.25, 0.3) is 0 Å². The molecule has 1 aliphatic heterocycles. The van der Waals surface area contributed by atoms with Crippen molar-refractivity contribution >= 4 is 17.7 Å². The van der Waals surface area contributed by atoms with Crippen LogP contribution in [0, 0.1) is 0 Å². The Morgan fingerprint density at radius 2 is 1.80 bits per heavy atom. The van der Waals surface area contributed by atoms with E-state index < -0.39 is 0 Å². The van der Waals surface area contributed by atoms with Crippen LogP contribution in [0.3, 0.4) is 0 Å². The van der Waals surface area contributed by atoms with Crippen LogP contribution in [0.25, 0.3) is 0 Å². The first-order valence-corrected chi connectivity index (χ1v) is 10.1. The molecule has 4 nitrogen and oxygen atoms in total. The van der Waals surface area contributed by atoms with Crippen LogP contribution >= 0.6 is 11.8 Å². The fourth-order valence-corrected chi connectivity index (χ4v) is 3.89. The van der Waals surface area contributed by atoms with Crippen molar-refractivity contribution in [1.82, 2.24) is 9.80 Å². The SMILES string of the molecule is CC(C)Sc1ccc(CC(=O)N(CCN(C)C)C2CCOCC2)cc1. The standard InChI is InChI=1S/C20H32N2O2S/c1-16(2)25-19-7-5-17(6-8-19)15-20(23)22(12-11-21(3)4)18-9-13-24-14-10-18/h5-8,16,18H,9-15H2,1-4H3. The van der Waals surface area contributed by atoms with Gasteiger partial charge in [-0.05, 0) is 44.6 Å². The number of hydrogen-bond donors (Lipinski definition) is 0. The van der Waals surface area contributed by atoms with Gasteiger partial charge < -0.3 is 14.5 Å². The largest absolute Gasteiger partial charge is 0.381 e. The molecule has 140 valence electrons. The molecule has 1 amide bonds. The summed E-state index contributed by atoms with van der Waals surface area (Å²) < 4.78 is 5.47. The topological polar surface area (TPSA) is 32.8 Å². The van der Waals surface area contributed by atoms with Crippen LogP contribution in [0.4, 0.5) is 0 Å². The molecule has 0 radical (unpaired) electrons. The Kier molecular flexibility index (Phi) is 8.27. The van der Waals surface area contributed by atoms with Gasteiger partial charge in [-0.1, -0.05) is 26.0 Å². The Labute approximate surface area is 156 Å². The van der Waals surface area contributed by atoms with Crippen molar-refractivity contribution < 1.29 is 9.53 Å². The summed E-state index contributed by atoms with van der Waals surface area (Å²) in [5, 5.41) is 0.572. The molecular formula is C20H32N2O2S. The average Bonchev–Trinajstić information content (AvgIpc) is 2.57. The van der Waals surface area contributed by atoms with Gasteiger partial charge in [-0.25, -0.2) is 0 Å². The van der Waals surface area contributed by atoms with E-state index in [9.17, 15) is 4.79 Å². The van der Waals surface area contributed by atoms with E-state index >= 15 is 0 Å². The molecule has 0 aliphatic carbocycles. The lowest BCUT2D eigenvalue weighted by Gasteiger charge is -2.35. The van der Waals surface area contributed by atoms with Crippen LogP contribution in [-0.4, -0.2) is 67.4 Å². The first kappa shape index (κ1) is 20.3. The van der Waals surface area contributed by atoms with E-state index in [4.69, 9.17) is 4.74 Å². The fourth-order valence-electron chi connectivity index (χ4n) is 3.05. The van der Waals surface area contributed by atoms with Gasteiger partial charge in [0.15, 0.2) is 0 Å². The lowest BCUT2D eigenvalue weighted by Crippen LogP contribution is -2.46. The summed E-state index contributed by atoms with van der Waals surface area (Å²) in [5.41, 5.74) is 1.10. The van der Waals surface area contributed by atoms with Gasteiger partial charge in [0.2, 0.25) is 5.91 Å². The molecule has 5 heteroatoms. The number of carbonyl (C=O) groups excluding carboxylic acids is 1. The maximum absolute atomic E-state index is 12.9. The normalized spacial score (nSPS) is 15.8. The van der Waals surface area contributed by atoms with Crippen LogP contribution in [0.1, 0.15) is 32.3 Å². The quantitative estimate of drug-likeness (QED) is 0.663. The molecule has 1 saturated heterocycles.